The molecule has 1 saturated heterocycles. The van der Waals surface area contributed by atoms with Gasteiger partial charge in [0.25, 0.3) is 11.7 Å². The van der Waals surface area contributed by atoms with Gasteiger partial charge >= 0.3 is 0 Å². The molecule has 2 aromatic heterocycles. The molecular weight excluding hydrogens is 358 g/mol. The van der Waals surface area contributed by atoms with Gasteiger partial charge in [-0.05, 0) is 61.2 Å². The molecule has 0 aliphatic carbocycles. The lowest BCUT2D eigenvalue weighted by Gasteiger charge is -2.23. The van der Waals surface area contributed by atoms with Crippen LogP contribution in [0.3, 0.4) is 0 Å². The lowest BCUT2D eigenvalue weighted by molar-refractivity contribution is -0.127. The highest BCUT2D eigenvalue weighted by molar-refractivity contribution is 7.08. The zero-order valence-electron chi connectivity index (χ0n) is 15.4. The number of para-hydroxylation sites is 1. The number of hydrogen-bond acceptors (Lipinski definition) is 4. The molecule has 1 atom stereocenters. The average molecular weight is 379 g/mol. The van der Waals surface area contributed by atoms with Crippen LogP contribution in [0.5, 0.6) is 0 Å². The molecule has 1 amide bonds. The van der Waals surface area contributed by atoms with Crippen LogP contribution in [0.1, 0.15) is 46.2 Å². The minimum atomic E-state index is -0.464. The van der Waals surface area contributed by atoms with Crippen LogP contribution in [0.2, 0.25) is 0 Å². The van der Waals surface area contributed by atoms with E-state index in [1.165, 1.54) is 0 Å². The predicted molar refractivity (Wildman–Crippen MR) is 105 cm³/mol. The van der Waals surface area contributed by atoms with Crippen molar-refractivity contribution < 1.29 is 9.59 Å². The molecule has 1 fully saturated rings. The average Bonchev–Trinajstić information content (AvgIpc) is 3.41. The normalized spacial score (nSPS) is 16.7. The SMILES string of the molecule is Cc1nn(-c2ccccc2)c(C)c1C(=O)C(=O)N1CCCC1c1ccsc1. The lowest BCUT2D eigenvalue weighted by Crippen LogP contribution is -2.36. The Hall–Kier alpha value is -2.73. The second-order valence-corrected chi connectivity index (χ2v) is 7.62. The molecule has 27 heavy (non-hydrogen) atoms. The van der Waals surface area contributed by atoms with E-state index in [2.05, 4.69) is 10.5 Å². The van der Waals surface area contributed by atoms with Crippen LogP contribution in [0.4, 0.5) is 0 Å². The Morgan fingerprint density at radius 1 is 1.15 bits per heavy atom. The van der Waals surface area contributed by atoms with Gasteiger partial charge in [0.05, 0.1) is 28.7 Å². The van der Waals surface area contributed by atoms with E-state index in [0.29, 0.717) is 23.5 Å². The van der Waals surface area contributed by atoms with Crippen LogP contribution < -0.4 is 0 Å². The number of rotatable bonds is 4. The summed E-state index contributed by atoms with van der Waals surface area (Å²) in [4.78, 5) is 27.9. The van der Waals surface area contributed by atoms with E-state index < -0.39 is 11.7 Å². The number of ketones is 1. The first kappa shape index (κ1) is 17.7. The quantitative estimate of drug-likeness (QED) is 0.507. The van der Waals surface area contributed by atoms with Crippen molar-refractivity contribution in [1.29, 1.82) is 0 Å². The van der Waals surface area contributed by atoms with Crippen molar-refractivity contribution in [2.24, 2.45) is 0 Å². The maximum absolute atomic E-state index is 13.1. The van der Waals surface area contributed by atoms with Gasteiger partial charge in [-0.2, -0.15) is 16.4 Å². The molecule has 3 aromatic rings. The monoisotopic (exact) mass is 379 g/mol. The number of thiophene rings is 1. The summed E-state index contributed by atoms with van der Waals surface area (Å²) in [7, 11) is 0. The van der Waals surface area contributed by atoms with Gasteiger partial charge in [-0.25, -0.2) is 4.68 Å². The lowest BCUT2D eigenvalue weighted by atomic mass is 10.1. The number of nitrogens with zero attached hydrogens (tertiary/aromatic N) is 3. The van der Waals surface area contributed by atoms with Crippen molar-refractivity contribution in [2.75, 3.05) is 6.54 Å². The first-order valence-electron chi connectivity index (χ1n) is 9.07. The Labute approximate surface area is 162 Å². The number of benzene rings is 1. The van der Waals surface area contributed by atoms with E-state index in [-0.39, 0.29) is 6.04 Å². The maximum atomic E-state index is 13.1. The van der Waals surface area contributed by atoms with Gasteiger partial charge in [-0.3, -0.25) is 9.59 Å². The standard InChI is InChI=1S/C21H21N3O2S/c1-14-19(15(2)24(22-14)17-7-4-3-5-8-17)20(25)21(26)23-11-6-9-18(23)16-10-12-27-13-16/h3-5,7-8,10,12-13,18H,6,9,11H2,1-2H3. The van der Waals surface area contributed by atoms with Gasteiger partial charge in [-0.15, -0.1) is 0 Å². The van der Waals surface area contributed by atoms with Gasteiger partial charge in [0.15, 0.2) is 0 Å². The summed E-state index contributed by atoms with van der Waals surface area (Å²) in [6.45, 7) is 4.25. The summed E-state index contributed by atoms with van der Waals surface area (Å²) >= 11 is 1.61. The zero-order chi connectivity index (χ0) is 19.0. The Bertz CT molecular complexity index is 977. The Balaban J connectivity index is 1.65. The first-order chi connectivity index (χ1) is 13.1. The van der Waals surface area contributed by atoms with E-state index in [9.17, 15) is 9.59 Å². The van der Waals surface area contributed by atoms with E-state index in [0.717, 1.165) is 24.1 Å². The van der Waals surface area contributed by atoms with Gasteiger partial charge in [-0.1, -0.05) is 18.2 Å². The van der Waals surface area contributed by atoms with E-state index >= 15 is 0 Å². The smallest absolute Gasteiger partial charge is 0.295 e. The predicted octanol–water partition coefficient (Wildman–Crippen LogP) is 4.10. The number of Topliss-reactive ketones (excluding diaryl/α,β-unsaturated/α-hetero) is 1. The Morgan fingerprint density at radius 3 is 2.63 bits per heavy atom. The second-order valence-electron chi connectivity index (χ2n) is 6.84. The van der Waals surface area contributed by atoms with E-state index in [4.69, 9.17) is 0 Å². The van der Waals surface area contributed by atoms with Crippen molar-refractivity contribution in [3.05, 3.63) is 69.7 Å². The van der Waals surface area contributed by atoms with Crippen molar-refractivity contribution >= 4 is 23.0 Å². The minimum absolute atomic E-state index is 0.00233. The van der Waals surface area contributed by atoms with Crippen LogP contribution in [-0.4, -0.2) is 32.9 Å². The summed E-state index contributed by atoms with van der Waals surface area (Å²) < 4.78 is 1.73. The summed E-state index contributed by atoms with van der Waals surface area (Å²) in [5.74, 6) is -0.892. The Kier molecular flexibility index (Phi) is 4.66. The molecule has 0 saturated carbocycles. The highest BCUT2D eigenvalue weighted by atomic mass is 32.1. The number of hydrogen-bond donors (Lipinski definition) is 0. The number of carbonyl (C=O) groups excluding carboxylic acids is 2. The molecule has 0 spiro atoms. The van der Waals surface area contributed by atoms with Crippen molar-refractivity contribution in [1.82, 2.24) is 14.7 Å². The van der Waals surface area contributed by atoms with Crippen molar-refractivity contribution in [3.63, 3.8) is 0 Å². The zero-order valence-corrected chi connectivity index (χ0v) is 16.2. The van der Waals surface area contributed by atoms with Crippen LogP contribution in [0.25, 0.3) is 5.69 Å². The molecule has 1 aliphatic rings. The number of likely N-dealkylation sites (tertiary alicyclic amines) is 1. The molecule has 5 nitrogen and oxygen atoms in total. The largest absolute Gasteiger partial charge is 0.329 e. The van der Waals surface area contributed by atoms with Gasteiger partial charge in [0.2, 0.25) is 0 Å². The molecule has 3 heterocycles. The van der Waals surface area contributed by atoms with E-state index in [1.54, 1.807) is 27.8 Å². The molecule has 1 aliphatic heterocycles. The topological polar surface area (TPSA) is 55.2 Å². The van der Waals surface area contributed by atoms with Crippen LogP contribution in [0, 0.1) is 13.8 Å². The molecule has 0 bridgehead atoms. The number of aryl methyl sites for hydroxylation is 1. The van der Waals surface area contributed by atoms with Crippen LogP contribution in [-0.2, 0) is 4.79 Å². The van der Waals surface area contributed by atoms with Gasteiger partial charge < -0.3 is 4.90 Å². The Morgan fingerprint density at radius 2 is 1.93 bits per heavy atom. The number of carbonyl (C=O) groups is 2. The van der Waals surface area contributed by atoms with E-state index in [1.807, 2.05) is 48.7 Å². The van der Waals surface area contributed by atoms with Crippen LogP contribution >= 0.6 is 11.3 Å². The molecule has 1 aromatic carbocycles. The molecule has 1 unspecified atom stereocenters. The highest BCUT2D eigenvalue weighted by Gasteiger charge is 2.36. The number of amides is 1. The second kappa shape index (κ2) is 7.12. The summed E-state index contributed by atoms with van der Waals surface area (Å²) in [6.07, 6.45) is 1.82. The van der Waals surface area contributed by atoms with Crippen LogP contribution in [0.15, 0.2) is 47.2 Å². The molecule has 138 valence electrons. The molecule has 4 rings (SSSR count). The molecule has 6 heteroatoms. The molecule has 0 radical (unpaired) electrons. The van der Waals surface area contributed by atoms with Crippen molar-refractivity contribution in [3.8, 4) is 5.69 Å². The highest BCUT2D eigenvalue weighted by Crippen LogP contribution is 2.34. The summed E-state index contributed by atoms with van der Waals surface area (Å²) in [5.41, 5.74) is 3.69. The third-order valence-corrected chi connectivity index (χ3v) is 5.86. The fourth-order valence-corrected chi connectivity index (χ4v) is 4.56. The fraction of sp³-hybridized carbons (Fsp3) is 0.286. The van der Waals surface area contributed by atoms with Gasteiger partial charge in [0.1, 0.15) is 0 Å². The van der Waals surface area contributed by atoms with Crippen molar-refractivity contribution in [2.45, 2.75) is 32.7 Å². The van der Waals surface area contributed by atoms with Gasteiger partial charge in [0, 0.05) is 6.54 Å². The summed E-state index contributed by atoms with van der Waals surface area (Å²) in [6, 6.07) is 11.7. The first-order valence-corrected chi connectivity index (χ1v) is 10.0. The third-order valence-electron chi connectivity index (χ3n) is 5.15. The maximum Gasteiger partial charge on any atom is 0.295 e. The molecular formula is C21H21N3O2S. The fourth-order valence-electron chi connectivity index (χ4n) is 3.85. The third kappa shape index (κ3) is 3.10. The summed E-state index contributed by atoms with van der Waals surface area (Å²) in [5, 5.41) is 8.58. The number of aromatic nitrogens is 2. The molecule has 0 N–H and O–H groups in total. The minimum Gasteiger partial charge on any atom is -0.329 e.